The molecular weight excluding hydrogens is 264 g/mol. The van der Waals surface area contributed by atoms with Gasteiger partial charge < -0.3 is 10.2 Å². The van der Waals surface area contributed by atoms with Crippen LogP contribution in [0.15, 0.2) is 18.2 Å². The van der Waals surface area contributed by atoms with Crippen molar-refractivity contribution >= 4 is 5.78 Å². The van der Waals surface area contributed by atoms with Crippen molar-refractivity contribution in [2.75, 3.05) is 0 Å². The number of aliphatic hydroxyl groups excluding tert-OH is 1. The number of phenolic OH excluding ortho intramolecular Hbond substituents is 1. The van der Waals surface area contributed by atoms with Gasteiger partial charge in [0.15, 0.2) is 5.78 Å². The number of hydrogen-bond acceptors (Lipinski definition) is 3. The summed E-state index contributed by atoms with van der Waals surface area (Å²) in [4.78, 5) is 12.3. The van der Waals surface area contributed by atoms with E-state index in [1.54, 1.807) is 6.07 Å². The van der Waals surface area contributed by atoms with Crippen LogP contribution in [0.5, 0.6) is 5.75 Å². The molecular formula is C18H22O3. The Hall–Kier alpha value is -1.35. The highest BCUT2D eigenvalue weighted by Crippen LogP contribution is 2.59. The number of ketones is 1. The van der Waals surface area contributed by atoms with Crippen molar-refractivity contribution in [2.45, 2.75) is 51.0 Å². The van der Waals surface area contributed by atoms with E-state index >= 15 is 0 Å². The summed E-state index contributed by atoms with van der Waals surface area (Å²) in [5, 5.41) is 19.7. The van der Waals surface area contributed by atoms with Crippen LogP contribution >= 0.6 is 0 Å². The van der Waals surface area contributed by atoms with Crippen LogP contribution in [0.4, 0.5) is 0 Å². The quantitative estimate of drug-likeness (QED) is 0.771. The van der Waals surface area contributed by atoms with Crippen LogP contribution in [0.2, 0.25) is 0 Å². The second kappa shape index (κ2) is 4.33. The normalized spacial score (nSPS) is 41.3. The summed E-state index contributed by atoms with van der Waals surface area (Å²) in [6.45, 7) is 2.07. The number of rotatable bonds is 0. The number of aromatic hydroxyl groups is 1. The minimum atomic E-state index is -0.750. The zero-order valence-electron chi connectivity index (χ0n) is 12.4. The summed E-state index contributed by atoms with van der Waals surface area (Å²) in [6.07, 6.45) is 3.84. The molecule has 0 heterocycles. The lowest BCUT2D eigenvalue weighted by Gasteiger charge is -2.48. The molecule has 1 aromatic rings. The maximum absolute atomic E-state index is 12.3. The van der Waals surface area contributed by atoms with Gasteiger partial charge in [0.2, 0.25) is 0 Å². The van der Waals surface area contributed by atoms with Gasteiger partial charge in [0.25, 0.3) is 0 Å². The van der Waals surface area contributed by atoms with Crippen LogP contribution < -0.4 is 0 Å². The molecule has 3 nitrogen and oxygen atoms in total. The Morgan fingerprint density at radius 1 is 1.29 bits per heavy atom. The highest BCUT2D eigenvalue weighted by Gasteiger charge is 2.57. The minimum absolute atomic E-state index is 0.0717. The van der Waals surface area contributed by atoms with Crippen molar-refractivity contribution in [1.82, 2.24) is 0 Å². The first-order chi connectivity index (χ1) is 10.0. The molecule has 0 spiro atoms. The van der Waals surface area contributed by atoms with E-state index in [1.807, 2.05) is 6.07 Å². The van der Waals surface area contributed by atoms with Gasteiger partial charge >= 0.3 is 0 Å². The minimum Gasteiger partial charge on any atom is -0.508 e. The molecule has 0 radical (unpaired) electrons. The Bertz CT molecular complexity index is 608. The fourth-order valence-corrected chi connectivity index (χ4v) is 5.36. The van der Waals surface area contributed by atoms with Gasteiger partial charge in [-0.3, -0.25) is 4.79 Å². The molecule has 0 bridgehead atoms. The first-order valence-electron chi connectivity index (χ1n) is 8.05. The molecule has 3 heteroatoms. The SMILES string of the molecule is C[C@]12CC[C@@H]3c4ccc(O)cc4CC[C@H]3[C@@H]1C[C@H](O)C2=O. The Labute approximate surface area is 125 Å². The van der Waals surface area contributed by atoms with Crippen molar-refractivity contribution in [3.63, 3.8) is 0 Å². The lowest BCUT2D eigenvalue weighted by atomic mass is 9.55. The molecule has 3 aliphatic carbocycles. The second-order valence-corrected chi connectivity index (χ2v) is 7.37. The highest BCUT2D eigenvalue weighted by molar-refractivity contribution is 5.91. The van der Waals surface area contributed by atoms with E-state index in [1.165, 1.54) is 11.1 Å². The van der Waals surface area contributed by atoms with Gasteiger partial charge in [0.05, 0.1) is 0 Å². The average molecular weight is 286 g/mol. The summed E-state index contributed by atoms with van der Waals surface area (Å²) in [6, 6.07) is 5.75. The highest BCUT2D eigenvalue weighted by atomic mass is 16.3. The molecule has 0 aliphatic heterocycles. The fraction of sp³-hybridized carbons (Fsp3) is 0.611. The molecule has 0 unspecified atom stereocenters. The smallest absolute Gasteiger partial charge is 0.167 e. The standard InChI is InChI=1S/C18H22O3/c1-18-7-6-13-12-5-3-11(19)8-10(12)2-4-14(13)15(18)9-16(20)17(18)21/h3,5,8,13-16,19-20H,2,4,6-7,9H2,1H3/t13-,14-,15+,16+,18+/m1/s1. The Morgan fingerprint density at radius 2 is 2.10 bits per heavy atom. The van der Waals surface area contributed by atoms with E-state index in [0.717, 1.165) is 25.7 Å². The van der Waals surface area contributed by atoms with E-state index in [2.05, 4.69) is 13.0 Å². The van der Waals surface area contributed by atoms with Crippen molar-refractivity contribution < 1.29 is 15.0 Å². The number of phenols is 1. The zero-order valence-corrected chi connectivity index (χ0v) is 12.4. The average Bonchev–Trinajstić information content (AvgIpc) is 2.70. The van der Waals surface area contributed by atoms with Gasteiger partial charge in [-0.25, -0.2) is 0 Å². The maximum atomic E-state index is 12.3. The molecule has 2 fully saturated rings. The number of fused-ring (bicyclic) bond motifs is 5. The van der Waals surface area contributed by atoms with Crippen LogP contribution in [0.1, 0.15) is 49.7 Å². The first kappa shape index (κ1) is 13.3. The van der Waals surface area contributed by atoms with Gasteiger partial charge in [-0.2, -0.15) is 0 Å². The van der Waals surface area contributed by atoms with Gasteiger partial charge in [0, 0.05) is 5.41 Å². The van der Waals surface area contributed by atoms with Crippen molar-refractivity contribution in [3.05, 3.63) is 29.3 Å². The fourth-order valence-electron chi connectivity index (χ4n) is 5.36. The van der Waals surface area contributed by atoms with Crippen LogP contribution in [0, 0.1) is 17.3 Å². The van der Waals surface area contributed by atoms with Crippen LogP contribution in [0.25, 0.3) is 0 Å². The number of carbonyl (C=O) groups excluding carboxylic acids is 1. The Morgan fingerprint density at radius 3 is 2.90 bits per heavy atom. The molecule has 3 aliphatic rings. The van der Waals surface area contributed by atoms with E-state index in [4.69, 9.17) is 0 Å². The molecule has 0 amide bonds. The Balaban J connectivity index is 1.73. The lowest BCUT2D eigenvalue weighted by molar-refractivity contribution is -0.134. The van der Waals surface area contributed by atoms with Crippen LogP contribution in [-0.4, -0.2) is 22.1 Å². The maximum Gasteiger partial charge on any atom is 0.167 e. The summed E-state index contributed by atoms with van der Waals surface area (Å²) in [5.74, 6) is 1.73. The molecule has 112 valence electrons. The number of benzene rings is 1. The third-order valence-corrected chi connectivity index (χ3v) is 6.44. The van der Waals surface area contributed by atoms with Gasteiger partial charge in [-0.05, 0) is 73.1 Å². The number of aliphatic hydroxyl groups is 1. The summed E-state index contributed by atoms with van der Waals surface area (Å²) >= 11 is 0. The van der Waals surface area contributed by atoms with Gasteiger partial charge in [-0.15, -0.1) is 0 Å². The number of hydrogen-bond donors (Lipinski definition) is 2. The molecule has 0 saturated heterocycles. The first-order valence-corrected chi connectivity index (χ1v) is 8.05. The van der Waals surface area contributed by atoms with Gasteiger partial charge in [0.1, 0.15) is 11.9 Å². The van der Waals surface area contributed by atoms with Crippen molar-refractivity contribution in [2.24, 2.45) is 17.3 Å². The van der Waals surface area contributed by atoms with E-state index in [9.17, 15) is 15.0 Å². The molecule has 0 aromatic heterocycles. The zero-order chi connectivity index (χ0) is 14.8. The summed E-state index contributed by atoms with van der Waals surface area (Å²) in [5.41, 5.74) is 2.32. The topological polar surface area (TPSA) is 57.5 Å². The molecule has 5 atom stereocenters. The van der Waals surface area contributed by atoms with Crippen molar-refractivity contribution in [1.29, 1.82) is 0 Å². The van der Waals surface area contributed by atoms with Gasteiger partial charge in [-0.1, -0.05) is 13.0 Å². The molecule has 21 heavy (non-hydrogen) atoms. The third kappa shape index (κ3) is 1.73. The third-order valence-electron chi connectivity index (χ3n) is 6.44. The predicted molar refractivity (Wildman–Crippen MR) is 79.1 cm³/mol. The van der Waals surface area contributed by atoms with Crippen molar-refractivity contribution in [3.8, 4) is 5.75 Å². The molecule has 4 rings (SSSR count). The summed E-state index contributed by atoms with van der Waals surface area (Å²) < 4.78 is 0. The molecule has 2 saturated carbocycles. The van der Waals surface area contributed by atoms with E-state index < -0.39 is 6.10 Å². The second-order valence-electron chi connectivity index (χ2n) is 7.37. The number of aryl methyl sites for hydroxylation is 1. The molecule has 1 aromatic carbocycles. The largest absolute Gasteiger partial charge is 0.508 e. The van der Waals surface area contributed by atoms with E-state index in [-0.39, 0.29) is 11.2 Å². The van der Waals surface area contributed by atoms with Crippen LogP contribution in [0.3, 0.4) is 0 Å². The molecule has 2 N–H and O–H groups in total. The summed E-state index contributed by atoms with van der Waals surface area (Å²) in [7, 11) is 0. The van der Waals surface area contributed by atoms with Crippen LogP contribution in [-0.2, 0) is 11.2 Å². The van der Waals surface area contributed by atoms with E-state index in [0.29, 0.717) is 29.9 Å². The monoisotopic (exact) mass is 286 g/mol. The predicted octanol–water partition coefficient (Wildman–Crippen LogP) is 2.79. The Kier molecular flexibility index (Phi) is 2.74. The number of carbonyl (C=O) groups is 1. The lowest BCUT2D eigenvalue weighted by Crippen LogP contribution is -2.42. The number of Topliss-reactive ketones (excluding diaryl/α,β-unsaturated/α-hetero) is 1.